The quantitative estimate of drug-likeness (QED) is 0.614. The molecule has 0 bridgehead atoms. The Hall–Kier alpha value is -2.09. The van der Waals surface area contributed by atoms with Gasteiger partial charge in [-0.2, -0.15) is 0 Å². The fraction of sp³-hybridized carbons (Fsp3) is 0.133. The first-order valence-corrected chi connectivity index (χ1v) is 5.75. The maximum atomic E-state index is 4.50. The second-order valence-electron chi connectivity index (χ2n) is 4.38. The molecule has 0 saturated carbocycles. The molecule has 2 nitrogen and oxygen atoms in total. The predicted octanol–water partition coefficient (Wildman–Crippen LogP) is 3.62. The Bertz CT molecular complexity index is 666. The number of nitrogens with zero attached hydrogens (tertiary/aromatic N) is 2. The maximum absolute atomic E-state index is 4.50. The molecule has 0 aliphatic heterocycles. The van der Waals surface area contributed by atoms with Gasteiger partial charge in [-0.3, -0.25) is 0 Å². The summed E-state index contributed by atoms with van der Waals surface area (Å²) in [6.07, 6.45) is 4.19. The summed E-state index contributed by atoms with van der Waals surface area (Å²) >= 11 is 0. The number of fused-ring (bicyclic) bond motifs is 1. The Labute approximate surface area is 101 Å². The summed E-state index contributed by atoms with van der Waals surface area (Å²) in [5, 5.41) is 0. The minimum Gasteiger partial charge on any atom is -0.307 e. The van der Waals surface area contributed by atoms with Crippen molar-refractivity contribution in [2.45, 2.75) is 13.8 Å². The van der Waals surface area contributed by atoms with Gasteiger partial charge in [0, 0.05) is 12.4 Å². The van der Waals surface area contributed by atoms with Crippen molar-refractivity contribution in [2.75, 3.05) is 0 Å². The normalized spacial score (nSPS) is 10.9. The highest BCUT2D eigenvalue weighted by Gasteiger charge is 2.05. The highest BCUT2D eigenvalue weighted by molar-refractivity contribution is 5.70. The van der Waals surface area contributed by atoms with Crippen LogP contribution in [0.5, 0.6) is 0 Å². The van der Waals surface area contributed by atoms with Crippen LogP contribution in [0.1, 0.15) is 11.3 Å². The van der Waals surface area contributed by atoms with E-state index in [0.717, 1.165) is 11.3 Å². The van der Waals surface area contributed by atoms with E-state index < -0.39 is 0 Å². The molecule has 0 N–H and O–H groups in total. The third kappa shape index (κ3) is 1.72. The number of aromatic nitrogens is 2. The minimum absolute atomic E-state index is 1.01. The molecule has 2 aromatic heterocycles. The van der Waals surface area contributed by atoms with Gasteiger partial charge in [-0.05, 0) is 36.6 Å². The first kappa shape index (κ1) is 10.1. The Morgan fingerprint density at radius 1 is 1.00 bits per heavy atom. The van der Waals surface area contributed by atoms with Crippen LogP contribution < -0.4 is 0 Å². The molecule has 0 spiro atoms. The lowest BCUT2D eigenvalue weighted by Gasteiger charge is -2.06. The first-order chi connectivity index (χ1) is 8.24. The van der Waals surface area contributed by atoms with Crippen LogP contribution in [-0.4, -0.2) is 9.38 Å². The SMILES string of the molecule is Cc1cn2cc(C)c(-c3ccccc3)cc2n1. The Kier molecular flexibility index (Phi) is 2.22. The molecule has 0 saturated heterocycles. The number of aryl methyl sites for hydroxylation is 2. The molecular formula is C15H14N2. The number of pyridine rings is 1. The van der Waals surface area contributed by atoms with Gasteiger partial charge in [-0.25, -0.2) is 4.98 Å². The highest BCUT2D eigenvalue weighted by atomic mass is 15.0. The van der Waals surface area contributed by atoms with Gasteiger partial charge in [-0.1, -0.05) is 30.3 Å². The van der Waals surface area contributed by atoms with E-state index in [2.05, 4.69) is 59.0 Å². The fourth-order valence-electron chi connectivity index (χ4n) is 2.19. The van der Waals surface area contributed by atoms with Crippen LogP contribution in [-0.2, 0) is 0 Å². The molecule has 2 heteroatoms. The molecule has 0 aliphatic rings. The molecule has 84 valence electrons. The Morgan fingerprint density at radius 2 is 1.76 bits per heavy atom. The average molecular weight is 222 g/mol. The van der Waals surface area contributed by atoms with Crippen LogP contribution >= 0.6 is 0 Å². The second-order valence-corrected chi connectivity index (χ2v) is 4.38. The van der Waals surface area contributed by atoms with Crippen molar-refractivity contribution in [3.05, 3.63) is 60.0 Å². The summed E-state index contributed by atoms with van der Waals surface area (Å²) in [4.78, 5) is 4.50. The van der Waals surface area contributed by atoms with Gasteiger partial charge < -0.3 is 4.40 Å². The van der Waals surface area contributed by atoms with E-state index in [1.807, 2.05) is 13.0 Å². The summed E-state index contributed by atoms with van der Waals surface area (Å²) in [6, 6.07) is 12.6. The van der Waals surface area contributed by atoms with E-state index >= 15 is 0 Å². The van der Waals surface area contributed by atoms with Gasteiger partial charge in [0.2, 0.25) is 0 Å². The summed E-state index contributed by atoms with van der Waals surface area (Å²) in [6.45, 7) is 4.15. The van der Waals surface area contributed by atoms with Gasteiger partial charge in [0.05, 0.1) is 5.69 Å². The zero-order chi connectivity index (χ0) is 11.8. The van der Waals surface area contributed by atoms with Crippen LogP contribution in [0.15, 0.2) is 48.8 Å². The van der Waals surface area contributed by atoms with Gasteiger partial charge in [0.25, 0.3) is 0 Å². The molecule has 3 rings (SSSR count). The summed E-state index contributed by atoms with van der Waals surface area (Å²) in [7, 11) is 0. The molecular weight excluding hydrogens is 208 g/mol. The topological polar surface area (TPSA) is 17.3 Å². The third-order valence-electron chi connectivity index (χ3n) is 3.00. The first-order valence-electron chi connectivity index (χ1n) is 5.75. The summed E-state index contributed by atoms with van der Waals surface area (Å²) in [5.41, 5.74) is 5.82. The lowest BCUT2D eigenvalue weighted by molar-refractivity contribution is 1.16. The molecule has 17 heavy (non-hydrogen) atoms. The van der Waals surface area contributed by atoms with Crippen molar-refractivity contribution < 1.29 is 0 Å². The average Bonchev–Trinajstić information content (AvgIpc) is 2.68. The maximum Gasteiger partial charge on any atom is 0.137 e. The van der Waals surface area contributed by atoms with Crippen molar-refractivity contribution in [3.63, 3.8) is 0 Å². The van der Waals surface area contributed by atoms with Crippen molar-refractivity contribution in [1.82, 2.24) is 9.38 Å². The van der Waals surface area contributed by atoms with Gasteiger partial charge in [0.1, 0.15) is 5.65 Å². The molecule has 1 aromatic carbocycles. The Morgan fingerprint density at radius 3 is 2.53 bits per heavy atom. The van der Waals surface area contributed by atoms with E-state index in [4.69, 9.17) is 0 Å². The number of imidazole rings is 1. The van der Waals surface area contributed by atoms with Crippen molar-refractivity contribution in [2.24, 2.45) is 0 Å². The van der Waals surface area contributed by atoms with Gasteiger partial charge >= 0.3 is 0 Å². The van der Waals surface area contributed by atoms with E-state index in [1.54, 1.807) is 0 Å². The summed E-state index contributed by atoms with van der Waals surface area (Å²) < 4.78 is 2.08. The Balaban J connectivity index is 2.26. The smallest absolute Gasteiger partial charge is 0.137 e. The second kappa shape index (κ2) is 3.74. The molecule has 0 aliphatic carbocycles. The molecule has 0 fully saturated rings. The largest absolute Gasteiger partial charge is 0.307 e. The van der Waals surface area contributed by atoms with Crippen LogP contribution in [0.2, 0.25) is 0 Å². The third-order valence-corrected chi connectivity index (χ3v) is 3.00. The van der Waals surface area contributed by atoms with Crippen molar-refractivity contribution in [3.8, 4) is 11.1 Å². The monoisotopic (exact) mass is 222 g/mol. The molecule has 3 aromatic rings. The lowest BCUT2D eigenvalue weighted by atomic mass is 10.0. The van der Waals surface area contributed by atoms with E-state index in [-0.39, 0.29) is 0 Å². The van der Waals surface area contributed by atoms with Crippen molar-refractivity contribution >= 4 is 5.65 Å². The lowest BCUT2D eigenvalue weighted by Crippen LogP contribution is -1.89. The number of rotatable bonds is 1. The van der Waals surface area contributed by atoms with Crippen LogP contribution in [0.25, 0.3) is 16.8 Å². The molecule has 0 unspecified atom stereocenters. The van der Waals surface area contributed by atoms with Crippen molar-refractivity contribution in [1.29, 1.82) is 0 Å². The van der Waals surface area contributed by atoms with E-state index in [0.29, 0.717) is 0 Å². The molecule has 2 heterocycles. The zero-order valence-corrected chi connectivity index (χ0v) is 10.0. The number of hydrogen-bond acceptors (Lipinski definition) is 1. The number of benzene rings is 1. The highest BCUT2D eigenvalue weighted by Crippen LogP contribution is 2.24. The zero-order valence-electron chi connectivity index (χ0n) is 10.0. The fourth-order valence-corrected chi connectivity index (χ4v) is 2.19. The van der Waals surface area contributed by atoms with E-state index in [1.165, 1.54) is 16.7 Å². The molecule has 0 atom stereocenters. The predicted molar refractivity (Wildman–Crippen MR) is 70.1 cm³/mol. The van der Waals surface area contributed by atoms with Crippen LogP contribution in [0.3, 0.4) is 0 Å². The standard InChI is InChI=1S/C15H14N2/c1-11-9-17-10-12(2)16-15(17)8-14(11)13-6-4-3-5-7-13/h3-10H,1-2H3. The molecule has 0 amide bonds. The van der Waals surface area contributed by atoms with Gasteiger partial charge in [-0.15, -0.1) is 0 Å². The van der Waals surface area contributed by atoms with E-state index in [9.17, 15) is 0 Å². The summed E-state index contributed by atoms with van der Waals surface area (Å²) in [5.74, 6) is 0. The van der Waals surface area contributed by atoms with Crippen LogP contribution in [0.4, 0.5) is 0 Å². The number of hydrogen-bond donors (Lipinski definition) is 0. The van der Waals surface area contributed by atoms with Crippen LogP contribution in [0, 0.1) is 13.8 Å². The van der Waals surface area contributed by atoms with Gasteiger partial charge in [0.15, 0.2) is 0 Å². The minimum atomic E-state index is 1.01. The molecule has 0 radical (unpaired) electrons.